The molecule has 1 rings (SSSR count). The van der Waals surface area contributed by atoms with Gasteiger partial charge in [0.15, 0.2) is 0 Å². The number of hydrogen-bond acceptors (Lipinski definition) is 5. The quantitative estimate of drug-likeness (QED) is 0.514. The summed E-state index contributed by atoms with van der Waals surface area (Å²) in [5.74, 6) is -0.376. The highest BCUT2D eigenvalue weighted by atomic mass is 16.7. The van der Waals surface area contributed by atoms with Crippen LogP contribution in [0.25, 0.3) is 0 Å². The van der Waals surface area contributed by atoms with E-state index in [1.807, 2.05) is 0 Å². The van der Waals surface area contributed by atoms with E-state index in [9.17, 15) is 15.0 Å². The van der Waals surface area contributed by atoms with Gasteiger partial charge in [0.2, 0.25) is 6.29 Å². The van der Waals surface area contributed by atoms with Gasteiger partial charge in [-0.3, -0.25) is 0 Å². The number of aliphatic hydroxyl groups is 2. The lowest BCUT2D eigenvalue weighted by molar-refractivity contribution is -0.231. The number of carbonyl (C=O) groups is 1. The van der Waals surface area contributed by atoms with Crippen LogP contribution in [0.1, 0.15) is 6.92 Å². The first kappa shape index (κ1) is 11.2. The summed E-state index contributed by atoms with van der Waals surface area (Å²) in [4.78, 5) is 10.8. The van der Waals surface area contributed by atoms with Crippen molar-refractivity contribution in [2.24, 2.45) is 5.92 Å². The van der Waals surface area contributed by atoms with E-state index < -0.39 is 24.6 Å². The molecule has 6 nitrogen and oxygen atoms in total. The van der Waals surface area contributed by atoms with Gasteiger partial charge in [0.1, 0.15) is 6.10 Å². The van der Waals surface area contributed by atoms with E-state index in [1.54, 1.807) is 6.92 Å². The molecule has 0 saturated carbocycles. The molecule has 0 bridgehead atoms. The molecule has 4 atom stereocenters. The average Bonchev–Trinajstić information content (AvgIpc) is 2.19. The van der Waals surface area contributed by atoms with Crippen molar-refractivity contribution in [2.45, 2.75) is 25.4 Å². The number of alkyl carbamates (subject to hydrolysis) is 1. The van der Waals surface area contributed by atoms with Gasteiger partial charge in [0.25, 0.3) is 0 Å². The molecule has 0 aromatic heterocycles. The maximum Gasteiger partial charge on any atom is 0.409 e. The fraction of sp³-hybridized carbons (Fsp3) is 0.875. The highest BCUT2D eigenvalue weighted by Gasteiger charge is 2.37. The standard InChI is InChI=1S/C8H15NO5/c1-4-5(10)3-13-7(6(4)11)14-8(12)9-2/h4-7,10-11H,3H2,1-2H3,(H,9,12). The minimum absolute atomic E-state index is 0.0554. The van der Waals surface area contributed by atoms with Gasteiger partial charge in [-0.05, 0) is 0 Å². The molecule has 0 radical (unpaired) electrons. The highest BCUT2D eigenvalue weighted by molar-refractivity contribution is 5.66. The summed E-state index contributed by atoms with van der Waals surface area (Å²) in [5, 5.41) is 21.1. The second-order valence-electron chi connectivity index (χ2n) is 3.27. The molecular weight excluding hydrogens is 190 g/mol. The Balaban J connectivity index is 2.50. The predicted octanol–water partition coefficient (Wildman–Crippen LogP) is -0.943. The summed E-state index contributed by atoms with van der Waals surface area (Å²) in [6, 6.07) is 0. The van der Waals surface area contributed by atoms with E-state index in [1.165, 1.54) is 7.05 Å². The number of rotatable bonds is 1. The molecule has 4 unspecified atom stereocenters. The number of carbonyl (C=O) groups excluding carboxylic acids is 1. The Morgan fingerprint density at radius 3 is 2.79 bits per heavy atom. The lowest BCUT2D eigenvalue weighted by Crippen LogP contribution is -2.50. The van der Waals surface area contributed by atoms with E-state index in [2.05, 4.69) is 5.32 Å². The third-order valence-corrected chi connectivity index (χ3v) is 2.28. The molecule has 6 heteroatoms. The van der Waals surface area contributed by atoms with Crippen LogP contribution >= 0.6 is 0 Å². The van der Waals surface area contributed by atoms with E-state index >= 15 is 0 Å². The van der Waals surface area contributed by atoms with Gasteiger partial charge in [-0.25, -0.2) is 4.79 Å². The van der Waals surface area contributed by atoms with Crippen molar-refractivity contribution in [1.82, 2.24) is 5.32 Å². The van der Waals surface area contributed by atoms with Crippen molar-refractivity contribution in [3.05, 3.63) is 0 Å². The first-order valence-electron chi connectivity index (χ1n) is 4.42. The zero-order valence-electron chi connectivity index (χ0n) is 8.14. The number of amides is 1. The molecule has 0 spiro atoms. The molecule has 1 aliphatic heterocycles. The van der Waals surface area contributed by atoms with Crippen molar-refractivity contribution in [2.75, 3.05) is 13.7 Å². The molecule has 1 saturated heterocycles. The SMILES string of the molecule is CNC(=O)OC1OCC(O)C(C)C1O. The van der Waals surface area contributed by atoms with Crippen molar-refractivity contribution in [3.63, 3.8) is 0 Å². The Hall–Kier alpha value is -0.850. The van der Waals surface area contributed by atoms with E-state index in [4.69, 9.17) is 9.47 Å². The van der Waals surface area contributed by atoms with Crippen LogP contribution in [0.15, 0.2) is 0 Å². The molecule has 14 heavy (non-hydrogen) atoms. The maximum atomic E-state index is 10.8. The van der Waals surface area contributed by atoms with Crippen LogP contribution in [-0.4, -0.2) is 48.5 Å². The Labute approximate surface area is 81.8 Å². The molecule has 82 valence electrons. The molecule has 3 N–H and O–H groups in total. The Morgan fingerprint density at radius 2 is 2.21 bits per heavy atom. The van der Waals surface area contributed by atoms with Gasteiger partial charge in [-0.15, -0.1) is 0 Å². The number of nitrogens with one attached hydrogen (secondary N) is 1. The van der Waals surface area contributed by atoms with Gasteiger partial charge in [-0.2, -0.15) is 0 Å². The molecule has 1 aliphatic rings. The second-order valence-corrected chi connectivity index (χ2v) is 3.27. The smallest absolute Gasteiger partial charge is 0.409 e. The van der Waals surface area contributed by atoms with Crippen molar-refractivity contribution < 1.29 is 24.5 Å². The zero-order valence-corrected chi connectivity index (χ0v) is 8.14. The summed E-state index contributed by atoms with van der Waals surface area (Å²) in [6.07, 6.45) is -3.41. The van der Waals surface area contributed by atoms with E-state index in [-0.39, 0.29) is 12.5 Å². The van der Waals surface area contributed by atoms with Gasteiger partial charge in [0.05, 0.1) is 12.7 Å². The molecule has 1 heterocycles. The molecule has 0 aromatic rings. The summed E-state index contributed by atoms with van der Waals surface area (Å²) in [5.41, 5.74) is 0. The predicted molar refractivity (Wildman–Crippen MR) is 46.5 cm³/mol. The van der Waals surface area contributed by atoms with Crippen molar-refractivity contribution >= 4 is 6.09 Å². The Bertz CT molecular complexity index is 210. The first-order valence-corrected chi connectivity index (χ1v) is 4.42. The van der Waals surface area contributed by atoms with Crippen LogP contribution in [0, 0.1) is 5.92 Å². The lowest BCUT2D eigenvalue weighted by Gasteiger charge is -2.35. The zero-order chi connectivity index (χ0) is 10.7. The number of aliphatic hydroxyl groups excluding tert-OH is 2. The Kier molecular flexibility index (Phi) is 3.68. The fourth-order valence-corrected chi connectivity index (χ4v) is 1.19. The third kappa shape index (κ3) is 2.34. The lowest BCUT2D eigenvalue weighted by atomic mass is 9.96. The van der Waals surface area contributed by atoms with Crippen LogP contribution in [0.5, 0.6) is 0 Å². The first-order chi connectivity index (χ1) is 6.56. The summed E-state index contributed by atoms with van der Waals surface area (Å²) in [6.45, 7) is 1.72. The van der Waals surface area contributed by atoms with E-state index in [0.29, 0.717) is 0 Å². The van der Waals surface area contributed by atoms with Crippen LogP contribution in [0.3, 0.4) is 0 Å². The minimum atomic E-state index is -1.01. The molecular formula is C8H15NO5. The highest BCUT2D eigenvalue weighted by Crippen LogP contribution is 2.21. The largest absolute Gasteiger partial charge is 0.417 e. The second kappa shape index (κ2) is 4.59. The molecule has 1 amide bonds. The average molecular weight is 205 g/mol. The van der Waals surface area contributed by atoms with Crippen molar-refractivity contribution in [3.8, 4) is 0 Å². The molecule has 0 aromatic carbocycles. The monoisotopic (exact) mass is 205 g/mol. The molecule has 0 aliphatic carbocycles. The van der Waals surface area contributed by atoms with Crippen LogP contribution < -0.4 is 5.32 Å². The van der Waals surface area contributed by atoms with Gasteiger partial charge >= 0.3 is 6.09 Å². The number of ether oxygens (including phenoxy) is 2. The van der Waals surface area contributed by atoms with Gasteiger partial charge in [-0.1, -0.05) is 6.92 Å². The maximum absolute atomic E-state index is 10.8. The fourth-order valence-electron chi connectivity index (χ4n) is 1.19. The van der Waals surface area contributed by atoms with Crippen LogP contribution in [-0.2, 0) is 9.47 Å². The normalized spacial score (nSPS) is 37.7. The Morgan fingerprint density at radius 1 is 1.57 bits per heavy atom. The minimum Gasteiger partial charge on any atom is -0.417 e. The summed E-state index contributed by atoms with van der Waals surface area (Å²) >= 11 is 0. The van der Waals surface area contributed by atoms with Crippen LogP contribution in [0.2, 0.25) is 0 Å². The van der Waals surface area contributed by atoms with E-state index in [0.717, 1.165) is 0 Å². The van der Waals surface area contributed by atoms with Gasteiger partial charge in [0, 0.05) is 13.0 Å². The summed E-state index contributed by atoms with van der Waals surface area (Å²) < 4.78 is 9.70. The molecule has 1 fully saturated rings. The van der Waals surface area contributed by atoms with Crippen LogP contribution in [0.4, 0.5) is 4.79 Å². The third-order valence-electron chi connectivity index (χ3n) is 2.28. The van der Waals surface area contributed by atoms with Crippen molar-refractivity contribution in [1.29, 1.82) is 0 Å². The number of hydrogen-bond donors (Lipinski definition) is 3. The van der Waals surface area contributed by atoms with Gasteiger partial charge < -0.3 is 25.0 Å². The topological polar surface area (TPSA) is 88.0 Å². The summed E-state index contributed by atoms with van der Waals surface area (Å²) in [7, 11) is 1.41.